The van der Waals surface area contributed by atoms with Crippen molar-refractivity contribution in [1.29, 1.82) is 5.26 Å². The molecule has 1 fully saturated rings. The number of benzene rings is 2. The van der Waals surface area contributed by atoms with Crippen molar-refractivity contribution in [2.75, 3.05) is 0 Å². The summed E-state index contributed by atoms with van der Waals surface area (Å²) in [6.45, 7) is 4.45. The maximum atomic E-state index is 9.64. The van der Waals surface area contributed by atoms with E-state index in [-0.39, 0.29) is 0 Å². The first kappa shape index (κ1) is 22.2. The number of rotatable bonds is 7. The maximum absolute atomic E-state index is 9.64. The van der Waals surface area contributed by atoms with E-state index in [1.54, 1.807) is 0 Å². The summed E-state index contributed by atoms with van der Waals surface area (Å²) in [5.41, 5.74) is 5.24. The number of aryl methyl sites for hydroxylation is 2. The second kappa shape index (κ2) is 11.6. The first-order valence-electron chi connectivity index (χ1n) is 11.9. The van der Waals surface area contributed by atoms with Gasteiger partial charge in [-0.2, -0.15) is 5.26 Å². The highest BCUT2D eigenvalue weighted by Crippen LogP contribution is 2.34. The van der Waals surface area contributed by atoms with Crippen LogP contribution in [-0.4, -0.2) is 0 Å². The second-order valence-corrected chi connectivity index (χ2v) is 8.85. The first-order chi connectivity index (χ1) is 14.7. The molecule has 0 saturated heterocycles. The summed E-state index contributed by atoms with van der Waals surface area (Å²) in [7, 11) is 0. The van der Waals surface area contributed by atoms with Crippen LogP contribution in [0, 0.1) is 35.0 Å². The Labute approximate surface area is 183 Å². The normalized spacial score (nSPS) is 18.3. The van der Waals surface area contributed by atoms with E-state index in [2.05, 4.69) is 68.2 Å². The molecule has 156 valence electrons. The van der Waals surface area contributed by atoms with Crippen molar-refractivity contribution in [1.82, 2.24) is 0 Å². The predicted molar refractivity (Wildman–Crippen MR) is 126 cm³/mol. The van der Waals surface area contributed by atoms with Crippen LogP contribution < -0.4 is 0 Å². The van der Waals surface area contributed by atoms with E-state index in [0.29, 0.717) is 0 Å². The first-order valence-corrected chi connectivity index (χ1v) is 11.9. The summed E-state index contributed by atoms with van der Waals surface area (Å²) in [4.78, 5) is 0. The Kier molecular flexibility index (Phi) is 8.59. The minimum Gasteiger partial charge on any atom is -0.192 e. The van der Waals surface area contributed by atoms with Gasteiger partial charge in [0.1, 0.15) is 0 Å². The highest BCUT2D eigenvalue weighted by Gasteiger charge is 2.20. The molecule has 0 atom stereocenters. The summed E-state index contributed by atoms with van der Waals surface area (Å²) in [5.74, 6) is 8.25. The molecule has 1 saturated carbocycles. The molecule has 0 radical (unpaired) electrons. The number of unbranched alkanes of at least 4 members (excludes halogenated alkanes) is 1. The molecule has 0 heterocycles. The van der Waals surface area contributed by atoms with Crippen molar-refractivity contribution in [3.8, 4) is 17.9 Å². The molecule has 2 aromatic carbocycles. The number of hydrogen-bond acceptors (Lipinski definition) is 1. The van der Waals surface area contributed by atoms with Gasteiger partial charge >= 0.3 is 0 Å². The molecule has 1 nitrogen and oxygen atoms in total. The number of nitrogens with zero attached hydrogens (tertiary/aromatic N) is 1. The molecular weight excluding hydrogens is 362 g/mol. The monoisotopic (exact) mass is 397 g/mol. The Morgan fingerprint density at radius 3 is 2.10 bits per heavy atom. The van der Waals surface area contributed by atoms with Crippen LogP contribution in [0.15, 0.2) is 42.5 Å². The van der Waals surface area contributed by atoms with Gasteiger partial charge in [0.05, 0.1) is 11.6 Å². The van der Waals surface area contributed by atoms with Crippen molar-refractivity contribution >= 4 is 0 Å². The van der Waals surface area contributed by atoms with Gasteiger partial charge in [-0.05, 0) is 66.5 Å². The van der Waals surface area contributed by atoms with E-state index in [0.717, 1.165) is 41.4 Å². The van der Waals surface area contributed by atoms with Crippen LogP contribution in [0.2, 0.25) is 0 Å². The third kappa shape index (κ3) is 6.50. The summed E-state index contributed by atoms with van der Waals surface area (Å²) in [6.07, 6.45) is 13.0. The number of hydrogen-bond donors (Lipinski definition) is 0. The fourth-order valence-corrected chi connectivity index (χ4v) is 4.61. The molecule has 0 unspecified atom stereocenters. The van der Waals surface area contributed by atoms with Gasteiger partial charge < -0.3 is 0 Å². The zero-order valence-electron chi connectivity index (χ0n) is 18.7. The summed E-state index contributed by atoms with van der Waals surface area (Å²) >= 11 is 0. The molecule has 2 aromatic rings. The minimum absolute atomic E-state index is 0.791. The Hall–Kier alpha value is -2.51. The average Bonchev–Trinajstić information content (AvgIpc) is 2.81. The van der Waals surface area contributed by atoms with Crippen LogP contribution >= 0.6 is 0 Å². The standard InChI is InChI=1S/C29H35N/c1-3-5-6-24-11-13-26(14-12-24)17-19-28-20-18-27(21-29(28)22-30)16-15-25-9-7-23(4-2)8-10-25/h7-10,18,20-21,24,26H,3-6,11-14,17,19H2,1-2H3. The van der Waals surface area contributed by atoms with Gasteiger partial charge in [0.25, 0.3) is 0 Å². The number of nitriles is 1. The Morgan fingerprint density at radius 2 is 1.47 bits per heavy atom. The fourth-order valence-electron chi connectivity index (χ4n) is 4.61. The Bertz CT molecular complexity index is 896. The van der Waals surface area contributed by atoms with Crippen LogP contribution in [0.3, 0.4) is 0 Å². The molecule has 1 heteroatoms. The van der Waals surface area contributed by atoms with Crippen molar-refractivity contribution in [3.05, 3.63) is 70.3 Å². The average molecular weight is 398 g/mol. The van der Waals surface area contributed by atoms with Gasteiger partial charge in [0.15, 0.2) is 0 Å². The van der Waals surface area contributed by atoms with E-state index >= 15 is 0 Å². The molecule has 1 aliphatic carbocycles. The molecule has 1 aliphatic rings. The van der Waals surface area contributed by atoms with Gasteiger partial charge in [-0.15, -0.1) is 0 Å². The topological polar surface area (TPSA) is 23.8 Å². The zero-order chi connectivity index (χ0) is 21.2. The van der Waals surface area contributed by atoms with Crippen LogP contribution in [0.1, 0.15) is 93.0 Å². The SMILES string of the molecule is CCCCC1CCC(CCc2ccc(C#Cc3ccc(CC)cc3)cc2C#N)CC1. The van der Waals surface area contributed by atoms with Crippen molar-refractivity contribution in [2.24, 2.45) is 11.8 Å². The lowest BCUT2D eigenvalue weighted by molar-refractivity contribution is 0.250. The van der Waals surface area contributed by atoms with Gasteiger partial charge in [-0.25, -0.2) is 0 Å². The minimum atomic E-state index is 0.791. The summed E-state index contributed by atoms with van der Waals surface area (Å²) in [6, 6.07) is 17.0. The lowest BCUT2D eigenvalue weighted by Crippen LogP contribution is -2.15. The third-order valence-corrected chi connectivity index (χ3v) is 6.70. The molecule has 3 rings (SSSR count). The second-order valence-electron chi connectivity index (χ2n) is 8.85. The highest BCUT2D eigenvalue weighted by atomic mass is 14.3. The van der Waals surface area contributed by atoms with Crippen molar-refractivity contribution in [2.45, 2.75) is 78.1 Å². The van der Waals surface area contributed by atoms with E-state index in [1.165, 1.54) is 62.5 Å². The van der Waals surface area contributed by atoms with Crippen molar-refractivity contribution in [3.63, 3.8) is 0 Å². The quantitative estimate of drug-likeness (QED) is 0.445. The molecule has 0 amide bonds. The van der Waals surface area contributed by atoms with Crippen LogP contribution in [0.25, 0.3) is 0 Å². The molecule has 0 aliphatic heterocycles. The van der Waals surface area contributed by atoms with Crippen LogP contribution in [0.5, 0.6) is 0 Å². The molecular formula is C29H35N. The molecule has 0 N–H and O–H groups in total. The molecule has 0 spiro atoms. The maximum Gasteiger partial charge on any atom is 0.0994 e. The Morgan fingerprint density at radius 1 is 0.833 bits per heavy atom. The predicted octanol–water partition coefficient (Wildman–Crippen LogP) is 7.45. The third-order valence-electron chi connectivity index (χ3n) is 6.70. The van der Waals surface area contributed by atoms with Gasteiger partial charge in [0, 0.05) is 11.1 Å². The lowest BCUT2D eigenvalue weighted by Gasteiger charge is -2.28. The summed E-state index contributed by atoms with van der Waals surface area (Å²) < 4.78 is 0. The van der Waals surface area contributed by atoms with Crippen molar-refractivity contribution < 1.29 is 0 Å². The zero-order valence-corrected chi connectivity index (χ0v) is 18.7. The highest BCUT2D eigenvalue weighted by molar-refractivity contribution is 5.49. The largest absolute Gasteiger partial charge is 0.192 e. The lowest BCUT2D eigenvalue weighted by atomic mass is 9.77. The van der Waals surface area contributed by atoms with E-state index in [4.69, 9.17) is 0 Å². The van der Waals surface area contributed by atoms with Crippen LogP contribution in [0.4, 0.5) is 0 Å². The molecule has 30 heavy (non-hydrogen) atoms. The van der Waals surface area contributed by atoms with Gasteiger partial charge in [-0.3, -0.25) is 0 Å². The fraction of sp³-hybridized carbons (Fsp3) is 0.483. The molecule has 0 aromatic heterocycles. The van der Waals surface area contributed by atoms with E-state index in [1.807, 2.05) is 6.07 Å². The summed E-state index contributed by atoms with van der Waals surface area (Å²) in [5, 5.41) is 9.64. The van der Waals surface area contributed by atoms with E-state index in [9.17, 15) is 5.26 Å². The Balaban J connectivity index is 1.56. The molecule has 0 bridgehead atoms. The van der Waals surface area contributed by atoms with Gasteiger partial charge in [-0.1, -0.05) is 88.8 Å². The van der Waals surface area contributed by atoms with E-state index < -0.39 is 0 Å². The van der Waals surface area contributed by atoms with Crippen LogP contribution in [-0.2, 0) is 12.8 Å². The smallest absolute Gasteiger partial charge is 0.0994 e. The van der Waals surface area contributed by atoms with Gasteiger partial charge in [0.2, 0.25) is 0 Å².